The lowest BCUT2D eigenvalue weighted by Gasteiger charge is -2.26. The number of morpholine rings is 1. The fraction of sp³-hybridized carbons (Fsp3) is 0.389. The molecule has 2 heterocycles. The van der Waals surface area contributed by atoms with E-state index in [0.29, 0.717) is 0 Å². The van der Waals surface area contributed by atoms with Gasteiger partial charge in [0, 0.05) is 37.7 Å². The van der Waals surface area contributed by atoms with Gasteiger partial charge in [0.15, 0.2) is 0 Å². The molecule has 5 nitrogen and oxygen atoms in total. The highest BCUT2D eigenvalue weighted by Crippen LogP contribution is 2.15. The molecule has 2 aromatic rings. The number of benzene rings is 1. The van der Waals surface area contributed by atoms with Gasteiger partial charge in [0.25, 0.3) is 0 Å². The van der Waals surface area contributed by atoms with Crippen molar-refractivity contribution in [1.29, 1.82) is 0 Å². The van der Waals surface area contributed by atoms with Crippen molar-refractivity contribution in [2.75, 3.05) is 31.6 Å². The summed E-state index contributed by atoms with van der Waals surface area (Å²) in [5.41, 5.74) is 2.09. The monoisotopic (exact) mass is 313 g/mol. The molecule has 1 N–H and O–H groups in total. The highest BCUT2D eigenvalue weighted by atomic mass is 16.5. The third kappa shape index (κ3) is 4.21. The first-order valence-electron chi connectivity index (χ1n) is 8.05. The Morgan fingerprint density at radius 2 is 1.83 bits per heavy atom. The molecular formula is C18H23N3O2. The van der Waals surface area contributed by atoms with Crippen LogP contribution in [0.4, 0.5) is 5.69 Å². The average molecular weight is 313 g/mol. The van der Waals surface area contributed by atoms with Crippen LogP contribution in [-0.4, -0.2) is 41.7 Å². The quantitative estimate of drug-likeness (QED) is 0.922. The number of carbonyl (C=O) groups is 1. The molecule has 1 aliphatic rings. The molecule has 0 aliphatic carbocycles. The molecule has 1 fully saturated rings. The molecule has 1 aromatic carbocycles. The van der Waals surface area contributed by atoms with Crippen LogP contribution < -0.4 is 5.32 Å². The summed E-state index contributed by atoms with van der Waals surface area (Å²) in [7, 11) is 0. The van der Waals surface area contributed by atoms with Crippen molar-refractivity contribution in [3.63, 3.8) is 0 Å². The van der Waals surface area contributed by atoms with Crippen molar-refractivity contribution < 1.29 is 9.53 Å². The molecule has 1 amide bonds. The van der Waals surface area contributed by atoms with E-state index in [-0.39, 0.29) is 11.9 Å². The first kappa shape index (κ1) is 15.8. The van der Waals surface area contributed by atoms with Gasteiger partial charge in [-0.05, 0) is 36.8 Å². The van der Waals surface area contributed by atoms with E-state index in [1.54, 1.807) is 0 Å². The third-order valence-corrected chi connectivity index (χ3v) is 4.19. The van der Waals surface area contributed by atoms with Gasteiger partial charge in [0.2, 0.25) is 5.91 Å². The smallest absolute Gasteiger partial charge is 0.247 e. The van der Waals surface area contributed by atoms with E-state index in [4.69, 9.17) is 4.74 Å². The summed E-state index contributed by atoms with van der Waals surface area (Å²) < 4.78 is 7.25. The molecule has 0 unspecified atom stereocenters. The lowest BCUT2D eigenvalue weighted by atomic mass is 10.2. The normalized spacial score (nSPS) is 16.9. The third-order valence-electron chi connectivity index (χ3n) is 4.19. The Bertz CT molecular complexity index is 616. The molecule has 122 valence electrons. The molecule has 0 radical (unpaired) electrons. The Kier molecular flexibility index (Phi) is 5.10. The molecule has 1 saturated heterocycles. The van der Waals surface area contributed by atoms with Gasteiger partial charge in [0.05, 0.1) is 13.2 Å². The minimum absolute atomic E-state index is 0.0119. The molecule has 0 saturated carbocycles. The van der Waals surface area contributed by atoms with Crippen LogP contribution in [0.5, 0.6) is 0 Å². The van der Waals surface area contributed by atoms with Crippen LogP contribution in [0, 0.1) is 0 Å². The highest BCUT2D eigenvalue weighted by Gasteiger charge is 2.14. The average Bonchev–Trinajstić information content (AvgIpc) is 3.11. The predicted molar refractivity (Wildman–Crippen MR) is 90.3 cm³/mol. The minimum Gasteiger partial charge on any atom is -0.379 e. The van der Waals surface area contributed by atoms with Crippen molar-refractivity contribution >= 4 is 11.6 Å². The van der Waals surface area contributed by atoms with Crippen molar-refractivity contribution in [3.8, 4) is 0 Å². The van der Waals surface area contributed by atoms with Crippen molar-refractivity contribution in [2.45, 2.75) is 19.5 Å². The van der Waals surface area contributed by atoms with Gasteiger partial charge in [-0.2, -0.15) is 0 Å². The van der Waals surface area contributed by atoms with Crippen LogP contribution in [0.25, 0.3) is 0 Å². The number of nitrogens with one attached hydrogen (secondary N) is 1. The van der Waals surface area contributed by atoms with Gasteiger partial charge >= 0.3 is 0 Å². The fourth-order valence-electron chi connectivity index (χ4n) is 2.70. The molecule has 1 aromatic heterocycles. The fourth-order valence-corrected chi connectivity index (χ4v) is 2.70. The SMILES string of the molecule is C[C@@H](C(=O)Nc1ccc(CN2CCOCC2)cc1)n1cccc1. The maximum atomic E-state index is 12.3. The maximum absolute atomic E-state index is 12.3. The Hall–Kier alpha value is -2.11. The zero-order chi connectivity index (χ0) is 16.1. The molecule has 1 aliphatic heterocycles. The van der Waals surface area contributed by atoms with Crippen LogP contribution in [0.1, 0.15) is 18.5 Å². The van der Waals surface area contributed by atoms with E-state index in [9.17, 15) is 4.79 Å². The largest absolute Gasteiger partial charge is 0.379 e. The Morgan fingerprint density at radius 3 is 2.48 bits per heavy atom. The number of aromatic nitrogens is 1. The van der Waals surface area contributed by atoms with E-state index in [1.165, 1.54) is 5.56 Å². The number of hydrogen-bond acceptors (Lipinski definition) is 3. The van der Waals surface area contributed by atoms with E-state index in [1.807, 2.05) is 48.1 Å². The topological polar surface area (TPSA) is 46.5 Å². The summed E-state index contributed by atoms with van der Waals surface area (Å²) in [4.78, 5) is 14.6. The summed E-state index contributed by atoms with van der Waals surface area (Å²) >= 11 is 0. The van der Waals surface area contributed by atoms with Crippen molar-refractivity contribution in [3.05, 3.63) is 54.4 Å². The van der Waals surface area contributed by atoms with Crippen LogP contribution in [0.2, 0.25) is 0 Å². The molecule has 1 atom stereocenters. The second-order valence-corrected chi connectivity index (χ2v) is 5.88. The lowest BCUT2D eigenvalue weighted by molar-refractivity contribution is -0.118. The second kappa shape index (κ2) is 7.44. The van der Waals surface area contributed by atoms with Gasteiger partial charge in [-0.3, -0.25) is 9.69 Å². The number of hydrogen-bond donors (Lipinski definition) is 1. The van der Waals surface area contributed by atoms with Crippen LogP contribution >= 0.6 is 0 Å². The lowest BCUT2D eigenvalue weighted by Crippen LogP contribution is -2.35. The summed E-state index contributed by atoms with van der Waals surface area (Å²) in [5.74, 6) is -0.0119. The van der Waals surface area contributed by atoms with Gasteiger partial charge in [-0.1, -0.05) is 12.1 Å². The number of carbonyl (C=O) groups excluding carboxylic acids is 1. The zero-order valence-corrected chi connectivity index (χ0v) is 13.4. The molecule has 5 heteroatoms. The van der Waals surface area contributed by atoms with Crippen LogP contribution in [0.15, 0.2) is 48.8 Å². The summed E-state index contributed by atoms with van der Waals surface area (Å²) in [6.45, 7) is 6.40. The van der Waals surface area contributed by atoms with Crippen molar-refractivity contribution in [1.82, 2.24) is 9.47 Å². The van der Waals surface area contributed by atoms with Crippen molar-refractivity contribution in [2.24, 2.45) is 0 Å². The van der Waals surface area contributed by atoms with E-state index >= 15 is 0 Å². The van der Waals surface area contributed by atoms with Gasteiger partial charge in [0.1, 0.15) is 6.04 Å². The first-order chi connectivity index (χ1) is 11.2. The number of rotatable bonds is 5. The number of ether oxygens (including phenoxy) is 1. The second-order valence-electron chi connectivity index (χ2n) is 5.88. The van der Waals surface area contributed by atoms with Crippen LogP contribution in [0.3, 0.4) is 0 Å². The minimum atomic E-state index is -0.224. The van der Waals surface area contributed by atoms with E-state index < -0.39 is 0 Å². The van der Waals surface area contributed by atoms with Crippen LogP contribution in [-0.2, 0) is 16.1 Å². The van der Waals surface area contributed by atoms with Gasteiger partial charge in [-0.25, -0.2) is 0 Å². The maximum Gasteiger partial charge on any atom is 0.247 e. The first-order valence-corrected chi connectivity index (χ1v) is 8.05. The van der Waals surface area contributed by atoms with Gasteiger partial charge in [-0.15, -0.1) is 0 Å². The van der Waals surface area contributed by atoms with Gasteiger partial charge < -0.3 is 14.6 Å². The standard InChI is InChI=1S/C18H23N3O2/c1-15(21-8-2-3-9-21)18(22)19-17-6-4-16(5-7-17)14-20-10-12-23-13-11-20/h2-9,15H,10-14H2,1H3,(H,19,22)/t15-/m0/s1. The zero-order valence-electron chi connectivity index (χ0n) is 13.4. The van der Waals surface area contributed by atoms with E-state index in [2.05, 4.69) is 22.3 Å². The molecular weight excluding hydrogens is 290 g/mol. The number of amides is 1. The summed E-state index contributed by atoms with van der Waals surface area (Å²) in [6.07, 6.45) is 3.80. The number of nitrogens with zero attached hydrogens (tertiary/aromatic N) is 2. The Labute approximate surface area is 136 Å². The number of anilines is 1. The molecule has 0 bridgehead atoms. The van der Waals surface area contributed by atoms with E-state index in [0.717, 1.165) is 38.5 Å². The predicted octanol–water partition coefficient (Wildman–Crippen LogP) is 2.52. The summed E-state index contributed by atoms with van der Waals surface area (Å²) in [5, 5.41) is 2.97. The molecule has 23 heavy (non-hydrogen) atoms. The molecule has 0 spiro atoms. The Balaban J connectivity index is 1.55. The highest BCUT2D eigenvalue weighted by molar-refractivity contribution is 5.93. The summed E-state index contributed by atoms with van der Waals surface area (Å²) in [6, 6.07) is 11.7. The Morgan fingerprint density at radius 1 is 1.17 bits per heavy atom. The molecule has 3 rings (SSSR count).